The lowest BCUT2D eigenvalue weighted by Crippen LogP contribution is -1.97. The Morgan fingerprint density at radius 2 is 2.40 bits per heavy atom. The molecule has 1 N–H and O–H groups in total. The summed E-state index contributed by atoms with van der Waals surface area (Å²) in [6, 6.07) is 2.00. The van der Waals surface area contributed by atoms with E-state index in [0.29, 0.717) is 0 Å². The van der Waals surface area contributed by atoms with Crippen molar-refractivity contribution in [2.45, 2.75) is 20.3 Å². The molecule has 0 aliphatic rings. The summed E-state index contributed by atoms with van der Waals surface area (Å²) < 4.78 is 5.10. The van der Waals surface area contributed by atoms with E-state index in [1.807, 2.05) is 13.0 Å². The molecule has 56 valence electrons. The van der Waals surface area contributed by atoms with E-state index in [-0.39, 0.29) is 0 Å². The molecule has 0 fully saturated rings. The van der Waals surface area contributed by atoms with Gasteiger partial charge in [-0.2, -0.15) is 0 Å². The molecular weight excluding hydrogens is 126 g/mol. The van der Waals surface area contributed by atoms with Crippen LogP contribution in [-0.2, 0) is 0 Å². The highest BCUT2D eigenvalue weighted by molar-refractivity contribution is 5.40. The molecule has 2 heteroatoms. The van der Waals surface area contributed by atoms with Crippen molar-refractivity contribution in [3.05, 3.63) is 18.1 Å². The third-order valence-corrected chi connectivity index (χ3v) is 1.31. The zero-order chi connectivity index (χ0) is 7.40. The molecular formula is C8H13NO. The van der Waals surface area contributed by atoms with Crippen LogP contribution in [0.2, 0.25) is 0 Å². The Morgan fingerprint density at radius 1 is 1.60 bits per heavy atom. The molecule has 0 saturated carbocycles. The van der Waals surface area contributed by atoms with Gasteiger partial charge < -0.3 is 9.73 Å². The fourth-order valence-electron chi connectivity index (χ4n) is 0.805. The van der Waals surface area contributed by atoms with Gasteiger partial charge in [-0.15, -0.1) is 0 Å². The first-order valence-electron chi connectivity index (χ1n) is 3.62. The van der Waals surface area contributed by atoms with E-state index >= 15 is 0 Å². The van der Waals surface area contributed by atoms with Crippen LogP contribution >= 0.6 is 0 Å². The monoisotopic (exact) mass is 139 g/mol. The second-order valence-corrected chi connectivity index (χ2v) is 2.37. The van der Waals surface area contributed by atoms with Crippen LogP contribution < -0.4 is 5.32 Å². The van der Waals surface area contributed by atoms with E-state index in [4.69, 9.17) is 4.42 Å². The van der Waals surface area contributed by atoms with Crippen molar-refractivity contribution in [2.24, 2.45) is 0 Å². The maximum atomic E-state index is 5.10. The van der Waals surface area contributed by atoms with Crippen LogP contribution in [0.4, 0.5) is 5.69 Å². The topological polar surface area (TPSA) is 25.2 Å². The largest absolute Gasteiger partial charge is 0.467 e. The van der Waals surface area contributed by atoms with Gasteiger partial charge in [-0.1, -0.05) is 6.92 Å². The Bertz CT molecular complexity index is 193. The van der Waals surface area contributed by atoms with Crippen LogP contribution in [0.1, 0.15) is 19.1 Å². The van der Waals surface area contributed by atoms with Crippen molar-refractivity contribution in [2.75, 3.05) is 11.9 Å². The van der Waals surface area contributed by atoms with Gasteiger partial charge in [0, 0.05) is 12.6 Å². The third-order valence-electron chi connectivity index (χ3n) is 1.31. The summed E-state index contributed by atoms with van der Waals surface area (Å²) in [6.45, 7) is 5.09. The summed E-state index contributed by atoms with van der Waals surface area (Å²) in [5.41, 5.74) is 1.08. The van der Waals surface area contributed by atoms with Crippen molar-refractivity contribution in [3.63, 3.8) is 0 Å². The molecule has 10 heavy (non-hydrogen) atoms. The Hall–Kier alpha value is -0.920. The van der Waals surface area contributed by atoms with Gasteiger partial charge in [0.05, 0.1) is 5.69 Å². The van der Waals surface area contributed by atoms with Crippen LogP contribution in [0.5, 0.6) is 0 Å². The molecule has 0 aliphatic heterocycles. The molecule has 0 aliphatic carbocycles. The van der Waals surface area contributed by atoms with Crippen LogP contribution in [0.15, 0.2) is 16.7 Å². The average molecular weight is 139 g/mol. The maximum Gasteiger partial charge on any atom is 0.114 e. The van der Waals surface area contributed by atoms with Gasteiger partial charge in [0.15, 0.2) is 0 Å². The molecule has 0 aromatic carbocycles. The standard InChI is InChI=1S/C8H13NO/c1-3-4-9-8-5-7(2)10-6-8/h5-6,9H,3-4H2,1-2H3. The van der Waals surface area contributed by atoms with Gasteiger partial charge in [-0.25, -0.2) is 0 Å². The Morgan fingerprint density at radius 3 is 2.90 bits per heavy atom. The minimum atomic E-state index is 0.957. The number of furan rings is 1. The zero-order valence-electron chi connectivity index (χ0n) is 6.48. The molecule has 2 nitrogen and oxygen atoms in total. The number of aryl methyl sites for hydroxylation is 1. The highest BCUT2D eigenvalue weighted by Gasteiger charge is 1.93. The number of hydrogen-bond acceptors (Lipinski definition) is 2. The summed E-state index contributed by atoms with van der Waals surface area (Å²) in [5, 5.41) is 3.22. The summed E-state index contributed by atoms with van der Waals surface area (Å²) >= 11 is 0. The third kappa shape index (κ3) is 1.79. The lowest BCUT2D eigenvalue weighted by molar-refractivity contribution is 0.535. The number of hydrogen-bond donors (Lipinski definition) is 1. The highest BCUT2D eigenvalue weighted by atomic mass is 16.3. The smallest absolute Gasteiger partial charge is 0.114 e. The van der Waals surface area contributed by atoms with E-state index in [9.17, 15) is 0 Å². The molecule has 1 heterocycles. The van der Waals surface area contributed by atoms with Crippen LogP contribution in [0.3, 0.4) is 0 Å². The SMILES string of the molecule is CCCNc1coc(C)c1. The van der Waals surface area contributed by atoms with Crippen molar-refractivity contribution in [1.29, 1.82) is 0 Å². The Kier molecular flexibility index (Phi) is 2.37. The van der Waals surface area contributed by atoms with E-state index in [2.05, 4.69) is 12.2 Å². The Labute approximate surface area is 61.2 Å². The first-order valence-corrected chi connectivity index (χ1v) is 3.62. The van der Waals surface area contributed by atoms with Crippen molar-refractivity contribution in [1.82, 2.24) is 0 Å². The van der Waals surface area contributed by atoms with Gasteiger partial charge in [-0.3, -0.25) is 0 Å². The minimum absolute atomic E-state index is 0.957. The molecule has 1 aromatic rings. The Balaban J connectivity index is 2.42. The lowest BCUT2D eigenvalue weighted by Gasteiger charge is -1.96. The normalized spacial score (nSPS) is 9.80. The fourth-order valence-corrected chi connectivity index (χ4v) is 0.805. The molecule has 0 radical (unpaired) electrons. The lowest BCUT2D eigenvalue weighted by atomic mass is 10.4. The maximum absolute atomic E-state index is 5.10. The van der Waals surface area contributed by atoms with E-state index in [1.165, 1.54) is 0 Å². The minimum Gasteiger partial charge on any atom is -0.467 e. The van der Waals surface area contributed by atoms with Crippen molar-refractivity contribution in [3.8, 4) is 0 Å². The summed E-state index contributed by atoms with van der Waals surface area (Å²) in [5.74, 6) is 0.957. The molecule has 0 bridgehead atoms. The average Bonchev–Trinajstić information content (AvgIpc) is 2.31. The van der Waals surface area contributed by atoms with Crippen LogP contribution in [0, 0.1) is 6.92 Å². The second-order valence-electron chi connectivity index (χ2n) is 2.37. The van der Waals surface area contributed by atoms with Gasteiger partial charge in [0.1, 0.15) is 12.0 Å². The van der Waals surface area contributed by atoms with Crippen molar-refractivity contribution >= 4 is 5.69 Å². The van der Waals surface area contributed by atoms with Gasteiger partial charge >= 0.3 is 0 Å². The van der Waals surface area contributed by atoms with Gasteiger partial charge in [-0.05, 0) is 13.3 Å². The highest BCUT2D eigenvalue weighted by Crippen LogP contribution is 2.11. The van der Waals surface area contributed by atoms with Gasteiger partial charge in [0.25, 0.3) is 0 Å². The number of anilines is 1. The molecule has 0 atom stereocenters. The van der Waals surface area contributed by atoms with E-state index in [1.54, 1.807) is 6.26 Å². The summed E-state index contributed by atoms with van der Waals surface area (Å²) in [4.78, 5) is 0. The van der Waals surface area contributed by atoms with Gasteiger partial charge in [0.2, 0.25) is 0 Å². The molecule has 0 saturated heterocycles. The predicted octanol–water partition coefficient (Wildman–Crippen LogP) is 2.41. The zero-order valence-corrected chi connectivity index (χ0v) is 6.48. The number of nitrogens with one attached hydrogen (secondary N) is 1. The summed E-state index contributed by atoms with van der Waals surface area (Å²) in [7, 11) is 0. The van der Waals surface area contributed by atoms with E-state index in [0.717, 1.165) is 24.4 Å². The second kappa shape index (κ2) is 3.30. The first-order chi connectivity index (χ1) is 4.83. The molecule has 1 aromatic heterocycles. The molecule has 1 rings (SSSR count). The first kappa shape index (κ1) is 7.19. The summed E-state index contributed by atoms with van der Waals surface area (Å²) in [6.07, 6.45) is 2.88. The quantitative estimate of drug-likeness (QED) is 0.695. The molecule has 0 amide bonds. The van der Waals surface area contributed by atoms with Crippen LogP contribution in [-0.4, -0.2) is 6.54 Å². The predicted molar refractivity (Wildman–Crippen MR) is 42.2 cm³/mol. The molecule has 0 unspecified atom stereocenters. The van der Waals surface area contributed by atoms with E-state index < -0.39 is 0 Å². The molecule has 0 spiro atoms. The fraction of sp³-hybridized carbons (Fsp3) is 0.500. The van der Waals surface area contributed by atoms with Crippen molar-refractivity contribution < 1.29 is 4.42 Å². The number of rotatable bonds is 3. The van der Waals surface area contributed by atoms with Crippen LogP contribution in [0.25, 0.3) is 0 Å².